The molecule has 2 aromatic carbocycles. The third kappa shape index (κ3) is 4.72. The maximum Gasteiger partial charge on any atom is 0.273 e. The predicted molar refractivity (Wildman–Crippen MR) is 110 cm³/mol. The summed E-state index contributed by atoms with van der Waals surface area (Å²) < 4.78 is 20.7. The van der Waals surface area contributed by atoms with Crippen LogP contribution in [-0.4, -0.2) is 15.9 Å². The number of nitrogens with zero attached hydrogens (tertiary/aromatic N) is 2. The molecule has 9 heteroatoms. The van der Waals surface area contributed by atoms with Crippen LogP contribution in [0, 0.1) is 29.0 Å². The number of ether oxygens (including phenoxy) is 1. The normalized spacial score (nSPS) is 9.97. The van der Waals surface area contributed by atoms with Gasteiger partial charge >= 0.3 is 0 Å². The zero-order chi connectivity index (χ0) is 21.7. The van der Waals surface area contributed by atoms with Crippen LogP contribution in [0.15, 0.2) is 36.7 Å². The van der Waals surface area contributed by atoms with Crippen LogP contribution in [-0.2, 0) is 6.54 Å². The van der Waals surface area contributed by atoms with Crippen LogP contribution < -0.4 is 10.1 Å². The summed E-state index contributed by atoms with van der Waals surface area (Å²) in [5, 5.41) is 11.8. The monoisotopic (exact) mass is 442 g/mol. The van der Waals surface area contributed by atoms with Gasteiger partial charge in [0.15, 0.2) is 17.3 Å². The van der Waals surface area contributed by atoms with Crippen LogP contribution >= 0.6 is 23.2 Å². The molecule has 0 saturated heterocycles. The number of amides is 1. The van der Waals surface area contributed by atoms with E-state index < -0.39 is 11.7 Å². The number of rotatable bonds is 5. The standard InChI is InChI=1S/C21H13Cl2FN4O2/c1-2-3-12-6-13(9-25)8-15(7-12)30-19-16(22)5-4-14(17(19)24)10-26-21(29)18-20(23)28-11-27-18/h4-8,11H,10H2,1H3,(H,26,29)(H,27,28). The van der Waals surface area contributed by atoms with Gasteiger partial charge in [0.2, 0.25) is 0 Å². The summed E-state index contributed by atoms with van der Waals surface area (Å²) in [7, 11) is 0. The molecule has 150 valence electrons. The third-order valence-electron chi connectivity index (χ3n) is 3.90. The lowest BCUT2D eigenvalue weighted by Crippen LogP contribution is -2.24. The Balaban J connectivity index is 1.85. The van der Waals surface area contributed by atoms with Gasteiger partial charge in [-0.25, -0.2) is 9.37 Å². The molecule has 0 unspecified atom stereocenters. The Kier molecular flexibility index (Phi) is 6.58. The van der Waals surface area contributed by atoms with Crippen molar-refractivity contribution in [2.45, 2.75) is 13.5 Å². The highest BCUT2D eigenvalue weighted by Gasteiger charge is 2.18. The first-order valence-corrected chi connectivity index (χ1v) is 9.28. The molecule has 2 N–H and O–H groups in total. The van der Waals surface area contributed by atoms with E-state index in [0.717, 1.165) is 0 Å². The van der Waals surface area contributed by atoms with Gasteiger partial charge in [0, 0.05) is 17.7 Å². The van der Waals surface area contributed by atoms with Crippen molar-refractivity contribution in [3.63, 3.8) is 0 Å². The molecular formula is C21H13Cl2FN4O2. The number of H-pyrrole nitrogens is 1. The Hall–Kier alpha value is -3.52. The van der Waals surface area contributed by atoms with Crippen LogP contribution in [0.3, 0.4) is 0 Å². The van der Waals surface area contributed by atoms with Crippen molar-refractivity contribution in [3.05, 3.63) is 75.0 Å². The van der Waals surface area contributed by atoms with E-state index in [1.807, 2.05) is 6.07 Å². The lowest BCUT2D eigenvalue weighted by molar-refractivity contribution is 0.0946. The molecule has 3 rings (SSSR count). The van der Waals surface area contributed by atoms with Crippen molar-refractivity contribution in [1.82, 2.24) is 15.3 Å². The summed E-state index contributed by atoms with van der Waals surface area (Å²) in [4.78, 5) is 18.5. The number of carbonyl (C=O) groups excluding carboxylic acids is 1. The fourth-order valence-corrected chi connectivity index (χ4v) is 2.92. The Morgan fingerprint density at radius 2 is 2.07 bits per heavy atom. The van der Waals surface area contributed by atoms with Gasteiger partial charge in [0.25, 0.3) is 5.91 Å². The number of halogens is 3. The van der Waals surface area contributed by atoms with E-state index in [-0.39, 0.29) is 39.5 Å². The minimum absolute atomic E-state index is 0.000364. The molecule has 0 fully saturated rings. The number of carbonyl (C=O) groups is 1. The molecule has 0 spiro atoms. The first-order valence-electron chi connectivity index (χ1n) is 8.52. The van der Waals surface area contributed by atoms with Crippen molar-refractivity contribution in [1.29, 1.82) is 5.26 Å². The number of aromatic nitrogens is 2. The summed E-state index contributed by atoms with van der Waals surface area (Å²) in [6.45, 7) is 1.51. The lowest BCUT2D eigenvalue weighted by atomic mass is 10.1. The third-order valence-corrected chi connectivity index (χ3v) is 4.49. The molecule has 30 heavy (non-hydrogen) atoms. The van der Waals surface area contributed by atoms with E-state index in [0.29, 0.717) is 11.1 Å². The Morgan fingerprint density at radius 1 is 1.30 bits per heavy atom. The zero-order valence-electron chi connectivity index (χ0n) is 15.5. The van der Waals surface area contributed by atoms with Crippen molar-refractivity contribution >= 4 is 29.1 Å². The zero-order valence-corrected chi connectivity index (χ0v) is 17.0. The van der Waals surface area contributed by atoms with E-state index in [2.05, 4.69) is 27.1 Å². The molecule has 1 heterocycles. The minimum Gasteiger partial charge on any atom is -0.453 e. The quantitative estimate of drug-likeness (QED) is 0.554. The predicted octanol–water partition coefficient (Wildman–Crippen LogP) is 4.82. The van der Waals surface area contributed by atoms with E-state index in [4.69, 9.17) is 27.9 Å². The molecule has 0 bridgehead atoms. The fraction of sp³-hybridized carbons (Fsp3) is 0.0952. The second-order valence-electron chi connectivity index (χ2n) is 5.93. The second kappa shape index (κ2) is 9.32. The highest BCUT2D eigenvalue weighted by atomic mass is 35.5. The number of benzene rings is 2. The Bertz CT molecular complexity index is 1220. The summed E-state index contributed by atoms with van der Waals surface area (Å²) >= 11 is 11.9. The maximum absolute atomic E-state index is 15.0. The van der Waals surface area contributed by atoms with Crippen LogP contribution in [0.25, 0.3) is 0 Å². The lowest BCUT2D eigenvalue weighted by Gasteiger charge is -2.13. The smallest absolute Gasteiger partial charge is 0.273 e. The van der Waals surface area contributed by atoms with Gasteiger partial charge < -0.3 is 15.0 Å². The first kappa shape index (κ1) is 21.2. The van der Waals surface area contributed by atoms with Crippen LogP contribution in [0.5, 0.6) is 11.5 Å². The van der Waals surface area contributed by atoms with Crippen LogP contribution in [0.4, 0.5) is 4.39 Å². The molecule has 6 nitrogen and oxygen atoms in total. The fourth-order valence-electron chi connectivity index (χ4n) is 2.56. The van der Waals surface area contributed by atoms with Gasteiger partial charge in [-0.1, -0.05) is 35.2 Å². The van der Waals surface area contributed by atoms with E-state index in [1.54, 1.807) is 19.1 Å². The van der Waals surface area contributed by atoms with Gasteiger partial charge in [0.05, 0.1) is 23.0 Å². The molecule has 0 saturated carbocycles. The number of hydrogen-bond acceptors (Lipinski definition) is 4. The van der Waals surface area contributed by atoms with Gasteiger partial charge in [-0.3, -0.25) is 4.79 Å². The molecule has 3 aromatic rings. The highest BCUT2D eigenvalue weighted by molar-refractivity contribution is 6.32. The number of nitrogens with one attached hydrogen (secondary N) is 2. The molecular weight excluding hydrogens is 430 g/mol. The van der Waals surface area contributed by atoms with E-state index in [9.17, 15) is 10.1 Å². The molecule has 1 amide bonds. The molecule has 0 aliphatic heterocycles. The van der Waals surface area contributed by atoms with Gasteiger partial charge in [-0.05, 0) is 31.2 Å². The molecule has 0 aliphatic carbocycles. The summed E-state index contributed by atoms with van der Waals surface area (Å²) in [5.74, 6) is 4.21. The van der Waals surface area contributed by atoms with Crippen molar-refractivity contribution < 1.29 is 13.9 Å². The van der Waals surface area contributed by atoms with Gasteiger partial charge in [0.1, 0.15) is 10.9 Å². The number of hydrogen-bond donors (Lipinski definition) is 2. The SMILES string of the molecule is CC#Cc1cc(C#N)cc(Oc2c(Cl)ccc(CNC(=O)c3nc[nH]c3Cl)c2F)c1. The maximum atomic E-state index is 15.0. The van der Waals surface area contributed by atoms with E-state index >= 15 is 4.39 Å². The average molecular weight is 443 g/mol. The second-order valence-corrected chi connectivity index (χ2v) is 6.72. The summed E-state index contributed by atoms with van der Waals surface area (Å²) in [5.41, 5.74) is 0.989. The first-order chi connectivity index (χ1) is 14.4. The van der Waals surface area contributed by atoms with Crippen LogP contribution in [0.2, 0.25) is 10.2 Å². The topological polar surface area (TPSA) is 90.8 Å². The van der Waals surface area contributed by atoms with Crippen molar-refractivity contribution in [2.24, 2.45) is 0 Å². The Labute approximate surface area is 181 Å². The van der Waals surface area contributed by atoms with Gasteiger partial charge in [-0.2, -0.15) is 5.26 Å². The molecule has 0 atom stereocenters. The minimum atomic E-state index is -0.749. The molecule has 0 aliphatic rings. The average Bonchev–Trinajstić information content (AvgIpc) is 3.16. The van der Waals surface area contributed by atoms with Crippen molar-refractivity contribution in [2.75, 3.05) is 0 Å². The molecule has 1 aromatic heterocycles. The number of aromatic amines is 1. The number of imidazole rings is 1. The Morgan fingerprint density at radius 3 is 2.73 bits per heavy atom. The largest absolute Gasteiger partial charge is 0.453 e. The van der Waals surface area contributed by atoms with Crippen LogP contribution in [0.1, 0.15) is 34.1 Å². The van der Waals surface area contributed by atoms with Crippen molar-refractivity contribution in [3.8, 4) is 29.4 Å². The summed E-state index contributed by atoms with van der Waals surface area (Å²) in [6.07, 6.45) is 1.28. The number of nitriles is 1. The van der Waals surface area contributed by atoms with Gasteiger partial charge in [-0.15, -0.1) is 5.92 Å². The summed E-state index contributed by atoms with van der Waals surface area (Å²) in [6, 6.07) is 9.49. The highest BCUT2D eigenvalue weighted by Crippen LogP contribution is 2.34. The van der Waals surface area contributed by atoms with E-state index in [1.165, 1.54) is 24.5 Å². The molecule has 0 radical (unpaired) electrons.